The van der Waals surface area contributed by atoms with Crippen LogP contribution < -0.4 is 10.9 Å². The molecular weight excluding hydrogens is 424 g/mol. The fraction of sp³-hybridized carbons (Fsp3) is 0.250. The maximum absolute atomic E-state index is 12.0. The number of hydrogen-bond donors (Lipinski definition) is 3. The lowest BCUT2D eigenvalue weighted by molar-refractivity contribution is 0.0845. The number of rotatable bonds is 3. The molecule has 0 bridgehead atoms. The lowest BCUT2D eigenvalue weighted by atomic mass is 10.1. The Kier molecular flexibility index (Phi) is 5.17. The molecule has 2 amide bonds. The van der Waals surface area contributed by atoms with E-state index in [1.165, 1.54) is 11.3 Å². The Bertz CT molecular complexity index is 681. The number of hydrogen-bond acceptors (Lipinski definition) is 4. The molecule has 2 heterocycles. The minimum absolute atomic E-state index is 0.200. The minimum Gasteiger partial charge on any atom is -0.280 e. The fourth-order valence-corrected chi connectivity index (χ4v) is 3.64. The number of aromatic amines is 1. The molecule has 0 unspecified atom stereocenters. The third-order valence-corrected chi connectivity index (χ3v) is 5.04. The Morgan fingerprint density at radius 2 is 1.90 bits per heavy atom. The molecule has 2 rings (SSSR count). The molecule has 0 atom stereocenters. The van der Waals surface area contributed by atoms with Crippen molar-refractivity contribution >= 4 is 55.0 Å². The van der Waals surface area contributed by atoms with E-state index in [-0.39, 0.29) is 17.5 Å². The van der Waals surface area contributed by atoms with Crippen molar-refractivity contribution in [2.75, 3.05) is 0 Å². The van der Waals surface area contributed by atoms with Crippen LogP contribution in [0.1, 0.15) is 45.6 Å². The molecular formula is C12H12Br2N4O2S. The van der Waals surface area contributed by atoms with Gasteiger partial charge in [-0.05, 0) is 49.9 Å². The van der Waals surface area contributed by atoms with E-state index in [9.17, 15) is 9.59 Å². The molecule has 0 spiro atoms. The van der Waals surface area contributed by atoms with E-state index in [1.54, 1.807) is 12.1 Å². The van der Waals surface area contributed by atoms with Crippen molar-refractivity contribution in [3.63, 3.8) is 0 Å². The van der Waals surface area contributed by atoms with Gasteiger partial charge in [0.05, 0.1) is 18.8 Å². The maximum atomic E-state index is 12.0. The average Bonchev–Trinajstić information content (AvgIpc) is 3.01. The number of amides is 2. The van der Waals surface area contributed by atoms with Crippen LogP contribution in [0.5, 0.6) is 0 Å². The number of halogens is 2. The first kappa shape index (κ1) is 16.2. The van der Waals surface area contributed by atoms with E-state index in [4.69, 9.17) is 0 Å². The van der Waals surface area contributed by atoms with E-state index in [0.29, 0.717) is 9.35 Å². The van der Waals surface area contributed by atoms with E-state index >= 15 is 0 Å². The molecule has 21 heavy (non-hydrogen) atoms. The predicted molar refractivity (Wildman–Crippen MR) is 87.3 cm³/mol. The van der Waals surface area contributed by atoms with Gasteiger partial charge >= 0.3 is 0 Å². The Balaban J connectivity index is 2.00. The molecule has 6 nitrogen and oxygen atoms in total. The van der Waals surface area contributed by atoms with Crippen LogP contribution in [0.25, 0.3) is 0 Å². The Morgan fingerprint density at radius 3 is 2.43 bits per heavy atom. The summed E-state index contributed by atoms with van der Waals surface area (Å²) in [5.74, 6) is -0.671. The van der Waals surface area contributed by atoms with Gasteiger partial charge in [-0.25, -0.2) is 0 Å². The summed E-state index contributed by atoms with van der Waals surface area (Å²) >= 11 is 7.89. The highest BCUT2D eigenvalue weighted by molar-refractivity contribution is 9.11. The van der Waals surface area contributed by atoms with Crippen molar-refractivity contribution in [1.82, 2.24) is 21.0 Å². The quantitative estimate of drug-likeness (QED) is 0.647. The Morgan fingerprint density at radius 1 is 1.24 bits per heavy atom. The van der Waals surface area contributed by atoms with Crippen molar-refractivity contribution in [1.29, 1.82) is 0 Å². The van der Waals surface area contributed by atoms with Crippen molar-refractivity contribution in [3.8, 4) is 0 Å². The zero-order chi connectivity index (χ0) is 15.6. The second-order valence-electron chi connectivity index (χ2n) is 4.47. The number of nitrogens with one attached hydrogen (secondary N) is 3. The number of carbonyl (C=O) groups is 2. The molecule has 0 aliphatic carbocycles. The molecule has 9 heteroatoms. The summed E-state index contributed by atoms with van der Waals surface area (Å²) < 4.78 is 1.44. The van der Waals surface area contributed by atoms with Crippen molar-refractivity contribution < 1.29 is 9.59 Å². The number of carbonyl (C=O) groups excluding carboxylic acids is 2. The zero-order valence-electron chi connectivity index (χ0n) is 11.2. The van der Waals surface area contributed by atoms with Crippen LogP contribution in [-0.4, -0.2) is 22.0 Å². The summed E-state index contributed by atoms with van der Waals surface area (Å²) in [6.07, 6.45) is 0. The van der Waals surface area contributed by atoms with Crippen molar-refractivity contribution in [2.45, 2.75) is 19.8 Å². The lowest BCUT2D eigenvalue weighted by Gasteiger charge is -2.05. The highest BCUT2D eigenvalue weighted by Gasteiger charge is 2.20. The summed E-state index contributed by atoms with van der Waals surface area (Å²) in [6.45, 7) is 3.97. The monoisotopic (exact) mass is 434 g/mol. The predicted octanol–water partition coefficient (Wildman–Crippen LogP) is 3.19. The van der Waals surface area contributed by atoms with E-state index in [2.05, 4.69) is 52.9 Å². The van der Waals surface area contributed by atoms with Gasteiger partial charge in [-0.3, -0.25) is 25.5 Å². The number of nitrogens with zero attached hydrogens (tertiary/aromatic N) is 1. The summed E-state index contributed by atoms with van der Waals surface area (Å²) in [4.78, 5) is 24.3. The molecule has 0 fully saturated rings. The van der Waals surface area contributed by atoms with Crippen LogP contribution in [0.3, 0.4) is 0 Å². The zero-order valence-corrected chi connectivity index (χ0v) is 15.1. The summed E-state index contributed by atoms with van der Waals surface area (Å²) in [7, 11) is 0. The molecule has 3 N–H and O–H groups in total. The van der Waals surface area contributed by atoms with Crippen LogP contribution in [0, 0.1) is 0 Å². The first-order valence-corrected chi connectivity index (χ1v) is 8.40. The lowest BCUT2D eigenvalue weighted by Crippen LogP contribution is -2.41. The smallest absolute Gasteiger partial charge is 0.280 e. The van der Waals surface area contributed by atoms with Crippen LogP contribution in [0.15, 0.2) is 20.4 Å². The fourth-order valence-electron chi connectivity index (χ4n) is 1.55. The van der Waals surface area contributed by atoms with Gasteiger partial charge in [0, 0.05) is 0 Å². The second kappa shape index (κ2) is 6.71. The molecule has 0 aromatic carbocycles. The largest absolute Gasteiger partial charge is 0.291 e. The van der Waals surface area contributed by atoms with Gasteiger partial charge in [0.15, 0.2) is 5.69 Å². The highest BCUT2D eigenvalue weighted by atomic mass is 79.9. The SMILES string of the molecule is CC(C)c1[nH]nc(C(=O)NNC(=O)c2ccc(Br)s2)c1Br. The average molecular weight is 436 g/mol. The molecule has 0 radical (unpaired) electrons. The number of thiophene rings is 1. The van der Waals surface area contributed by atoms with Gasteiger partial charge in [-0.2, -0.15) is 5.10 Å². The molecule has 2 aromatic rings. The third kappa shape index (κ3) is 3.72. The third-order valence-electron chi connectivity index (χ3n) is 2.61. The first-order valence-electron chi connectivity index (χ1n) is 6.00. The van der Waals surface area contributed by atoms with Gasteiger partial charge in [0.25, 0.3) is 11.8 Å². The van der Waals surface area contributed by atoms with Crippen LogP contribution >= 0.6 is 43.2 Å². The summed E-state index contributed by atoms with van der Waals surface area (Å²) in [5, 5.41) is 6.75. The molecule has 0 aliphatic rings. The van der Waals surface area contributed by atoms with Gasteiger partial charge in [-0.15, -0.1) is 11.3 Å². The normalized spacial score (nSPS) is 10.7. The van der Waals surface area contributed by atoms with E-state index in [1.807, 2.05) is 13.8 Å². The number of H-pyrrole nitrogens is 1. The summed E-state index contributed by atoms with van der Waals surface area (Å²) in [6, 6.07) is 3.43. The van der Waals surface area contributed by atoms with E-state index in [0.717, 1.165) is 9.48 Å². The van der Waals surface area contributed by atoms with Crippen molar-refractivity contribution in [2.24, 2.45) is 0 Å². The van der Waals surface area contributed by atoms with Crippen LogP contribution in [-0.2, 0) is 0 Å². The Hall–Kier alpha value is -1.19. The van der Waals surface area contributed by atoms with Gasteiger partial charge in [0.1, 0.15) is 0 Å². The number of hydrazine groups is 1. The molecule has 2 aromatic heterocycles. The standard InChI is InChI=1S/C12H12Br2N4O2S/c1-5(2)9-8(14)10(16-15-9)12(20)18-17-11(19)6-3-4-7(13)21-6/h3-5H,1-2H3,(H,15,16)(H,17,19)(H,18,20). The summed E-state index contributed by atoms with van der Waals surface area (Å²) in [5.41, 5.74) is 5.72. The topological polar surface area (TPSA) is 86.9 Å². The molecule has 112 valence electrons. The van der Waals surface area contributed by atoms with Gasteiger partial charge < -0.3 is 0 Å². The van der Waals surface area contributed by atoms with E-state index < -0.39 is 5.91 Å². The van der Waals surface area contributed by atoms with Crippen molar-refractivity contribution in [3.05, 3.63) is 36.7 Å². The molecule has 0 aliphatic heterocycles. The van der Waals surface area contributed by atoms with Gasteiger partial charge in [0.2, 0.25) is 0 Å². The van der Waals surface area contributed by atoms with Crippen LogP contribution in [0.2, 0.25) is 0 Å². The second-order valence-corrected chi connectivity index (χ2v) is 7.72. The maximum Gasteiger partial charge on any atom is 0.291 e. The molecule has 0 saturated heterocycles. The van der Waals surface area contributed by atoms with Crippen LogP contribution in [0.4, 0.5) is 0 Å². The number of aromatic nitrogens is 2. The first-order chi connectivity index (χ1) is 9.90. The Labute approximate surface area is 141 Å². The highest BCUT2D eigenvalue weighted by Crippen LogP contribution is 2.25. The van der Waals surface area contributed by atoms with Gasteiger partial charge in [-0.1, -0.05) is 13.8 Å². The molecule has 0 saturated carbocycles. The minimum atomic E-state index is -0.492.